The number of fused-ring (bicyclic) bond motifs is 3. The van der Waals surface area contributed by atoms with E-state index in [9.17, 15) is 0 Å². The number of nitrogens with zero attached hydrogens (tertiary/aromatic N) is 3. The van der Waals surface area contributed by atoms with Gasteiger partial charge in [-0.15, -0.1) is 0 Å². The van der Waals surface area contributed by atoms with Gasteiger partial charge in [-0.2, -0.15) is 0 Å². The molecule has 0 atom stereocenters. The number of benzene rings is 1. The van der Waals surface area contributed by atoms with E-state index >= 15 is 0 Å². The second-order valence-corrected chi connectivity index (χ2v) is 8.94. The van der Waals surface area contributed by atoms with Gasteiger partial charge in [0, 0.05) is 23.1 Å². The first kappa shape index (κ1) is 15.7. The molecule has 0 saturated carbocycles. The van der Waals surface area contributed by atoms with E-state index in [1.165, 1.54) is 16.1 Å². The summed E-state index contributed by atoms with van der Waals surface area (Å²) in [5.41, 5.74) is 4.49. The molecule has 4 nitrogen and oxygen atoms in total. The summed E-state index contributed by atoms with van der Waals surface area (Å²) in [5.74, 6) is 1.84. The largest absolute Gasteiger partial charge is 0.454 e. The summed E-state index contributed by atoms with van der Waals surface area (Å²) < 4.78 is 8.62. The lowest BCUT2D eigenvalue weighted by Crippen LogP contribution is -2.32. The maximum atomic E-state index is 6.51. The van der Waals surface area contributed by atoms with Gasteiger partial charge in [0.2, 0.25) is 4.83 Å². The van der Waals surface area contributed by atoms with Crippen molar-refractivity contribution in [3.63, 3.8) is 0 Å². The van der Waals surface area contributed by atoms with Crippen LogP contribution in [0.4, 0.5) is 0 Å². The minimum absolute atomic E-state index is 0.00180. The quantitative estimate of drug-likeness (QED) is 0.362. The Kier molecular flexibility index (Phi) is 3.03. The first-order valence-electron chi connectivity index (χ1n) is 8.74. The van der Waals surface area contributed by atoms with E-state index in [2.05, 4.69) is 61.4 Å². The molecule has 0 bridgehead atoms. The van der Waals surface area contributed by atoms with Gasteiger partial charge in [-0.3, -0.25) is 4.98 Å². The van der Waals surface area contributed by atoms with E-state index < -0.39 is 0 Å². The van der Waals surface area contributed by atoms with Crippen molar-refractivity contribution in [3.8, 4) is 22.8 Å². The molecule has 0 radical (unpaired) electrons. The van der Waals surface area contributed by atoms with Crippen molar-refractivity contribution >= 4 is 32.5 Å². The van der Waals surface area contributed by atoms with Crippen LogP contribution in [0.15, 0.2) is 30.7 Å². The van der Waals surface area contributed by atoms with Crippen LogP contribution >= 0.6 is 11.3 Å². The predicted molar refractivity (Wildman–Crippen MR) is 105 cm³/mol. The number of ether oxygens (including phenoxy) is 1. The summed E-state index contributed by atoms with van der Waals surface area (Å²) in [5, 5.41) is 2.29. The second-order valence-electron chi connectivity index (χ2n) is 7.94. The predicted octanol–water partition coefficient (Wildman–Crippen LogP) is 5.05. The molecule has 1 aromatic carbocycles. The number of pyridine rings is 1. The molecule has 26 heavy (non-hydrogen) atoms. The number of hydrogen-bond acceptors (Lipinski definition) is 4. The third-order valence-electron chi connectivity index (χ3n) is 5.05. The van der Waals surface area contributed by atoms with E-state index in [1.54, 1.807) is 11.3 Å². The van der Waals surface area contributed by atoms with Gasteiger partial charge in [0.15, 0.2) is 11.4 Å². The van der Waals surface area contributed by atoms with Crippen LogP contribution in [0.1, 0.15) is 31.2 Å². The maximum absolute atomic E-state index is 6.51. The highest BCUT2D eigenvalue weighted by Crippen LogP contribution is 2.53. The Morgan fingerprint density at radius 1 is 1.19 bits per heavy atom. The van der Waals surface area contributed by atoms with E-state index in [0.717, 1.165) is 38.2 Å². The number of aromatic nitrogens is 3. The van der Waals surface area contributed by atoms with Crippen LogP contribution < -0.4 is 9.30 Å². The second kappa shape index (κ2) is 5.01. The van der Waals surface area contributed by atoms with E-state index in [-0.39, 0.29) is 5.41 Å². The fourth-order valence-electron chi connectivity index (χ4n) is 3.82. The maximum Gasteiger partial charge on any atom is 0.288 e. The van der Waals surface area contributed by atoms with Gasteiger partial charge in [-0.1, -0.05) is 38.2 Å². The fourth-order valence-corrected chi connectivity index (χ4v) is 4.95. The van der Waals surface area contributed by atoms with Crippen LogP contribution in [0.5, 0.6) is 11.5 Å². The van der Waals surface area contributed by atoms with Crippen molar-refractivity contribution in [1.82, 2.24) is 9.97 Å². The Morgan fingerprint density at radius 2 is 2.00 bits per heavy atom. The highest BCUT2D eigenvalue weighted by Gasteiger charge is 2.36. The molecule has 1 aliphatic rings. The van der Waals surface area contributed by atoms with Crippen molar-refractivity contribution in [2.24, 2.45) is 7.05 Å². The molecule has 5 rings (SSSR count). The van der Waals surface area contributed by atoms with Crippen LogP contribution in [0.3, 0.4) is 0 Å². The summed E-state index contributed by atoms with van der Waals surface area (Å²) in [6, 6.07) is 6.18. The molecule has 4 aromatic rings. The summed E-state index contributed by atoms with van der Waals surface area (Å²) in [4.78, 5) is 11.5. The third-order valence-corrected chi connectivity index (χ3v) is 6.55. The molecule has 5 heteroatoms. The van der Waals surface area contributed by atoms with Crippen LogP contribution in [-0.2, 0) is 12.5 Å². The highest BCUT2D eigenvalue weighted by molar-refractivity contribution is 7.19. The van der Waals surface area contributed by atoms with Crippen molar-refractivity contribution in [2.75, 3.05) is 0 Å². The topological polar surface area (TPSA) is 38.9 Å². The Hall–Kier alpha value is -2.53. The van der Waals surface area contributed by atoms with E-state index in [1.807, 2.05) is 18.6 Å². The Labute approximate surface area is 156 Å². The smallest absolute Gasteiger partial charge is 0.288 e. The van der Waals surface area contributed by atoms with E-state index in [4.69, 9.17) is 4.74 Å². The molecule has 0 N–H and O–H groups in total. The molecule has 0 amide bonds. The molecule has 4 heterocycles. The van der Waals surface area contributed by atoms with Gasteiger partial charge in [-0.25, -0.2) is 4.57 Å². The summed E-state index contributed by atoms with van der Waals surface area (Å²) >= 11 is 1.73. The van der Waals surface area contributed by atoms with Gasteiger partial charge in [-0.05, 0) is 23.5 Å². The summed E-state index contributed by atoms with van der Waals surface area (Å²) in [6.07, 6.45) is 3.74. The van der Waals surface area contributed by atoms with Gasteiger partial charge in [0.05, 0.1) is 23.0 Å². The standard InChI is InChI=1S/C21H20N3OS/c1-11-12-7-6-8-22-13(12)9-14-15(11)17-16-18(25-14)19(21(2,3)4)26-20(16)23-10-24(17)5/h6-10H,1-5H3/q+1. The molecule has 0 aliphatic carbocycles. The molecule has 130 valence electrons. The van der Waals surface area contributed by atoms with Gasteiger partial charge < -0.3 is 4.74 Å². The third kappa shape index (κ3) is 1.98. The van der Waals surface area contributed by atoms with Gasteiger partial charge in [0.25, 0.3) is 6.33 Å². The normalized spacial score (nSPS) is 13.1. The monoisotopic (exact) mass is 362 g/mol. The molecule has 0 fully saturated rings. The SMILES string of the molecule is Cc1c2c(cc3ncccc13)Oc1c(C(C)(C)C)sc3nc[n+](C)c-2c13. The zero-order valence-corrected chi connectivity index (χ0v) is 16.4. The summed E-state index contributed by atoms with van der Waals surface area (Å²) in [6.45, 7) is 8.82. The average molecular weight is 362 g/mol. The van der Waals surface area contributed by atoms with Crippen molar-refractivity contribution in [2.45, 2.75) is 33.1 Å². The number of rotatable bonds is 0. The fraction of sp³-hybridized carbons (Fsp3) is 0.286. The zero-order valence-electron chi connectivity index (χ0n) is 15.5. The lowest BCUT2D eigenvalue weighted by Gasteiger charge is -2.23. The minimum atomic E-state index is -0.00180. The molecule has 0 unspecified atom stereocenters. The first-order valence-corrected chi connectivity index (χ1v) is 9.56. The lowest BCUT2D eigenvalue weighted by atomic mass is 9.91. The molecule has 1 aliphatic heterocycles. The Bertz CT molecular complexity index is 1220. The van der Waals surface area contributed by atoms with Crippen molar-refractivity contribution in [3.05, 3.63) is 41.2 Å². The van der Waals surface area contributed by atoms with Crippen LogP contribution in [0.25, 0.3) is 32.4 Å². The van der Waals surface area contributed by atoms with Crippen molar-refractivity contribution < 1.29 is 9.30 Å². The molecule has 0 spiro atoms. The zero-order chi connectivity index (χ0) is 18.2. The number of aryl methyl sites for hydroxylation is 2. The van der Waals surface area contributed by atoms with Gasteiger partial charge in [0.1, 0.15) is 11.1 Å². The van der Waals surface area contributed by atoms with Crippen LogP contribution in [0.2, 0.25) is 0 Å². The van der Waals surface area contributed by atoms with E-state index in [0.29, 0.717) is 0 Å². The first-order chi connectivity index (χ1) is 12.4. The molecular weight excluding hydrogens is 342 g/mol. The molecular formula is C21H20N3OS+. The average Bonchev–Trinajstić information content (AvgIpc) is 2.97. The van der Waals surface area contributed by atoms with Gasteiger partial charge >= 0.3 is 0 Å². The van der Waals surface area contributed by atoms with Crippen molar-refractivity contribution in [1.29, 1.82) is 0 Å². The molecule has 0 saturated heterocycles. The Balaban J connectivity index is 1.97. The molecule has 3 aromatic heterocycles. The number of thiophene rings is 1. The van der Waals surface area contributed by atoms with Crippen LogP contribution in [-0.4, -0.2) is 9.97 Å². The highest BCUT2D eigenvalue weighted by atomic mass is 32.1. The Morgan fingerprint density at radius 3 is 2.77 bits per heavy atom. The lowest BCUT2D eigenvalue weighted by molar-refractivity contribution is -0.662. The minimum Gasteiger partial charge on any atom is -0.454 e. The number of hydrogen-bond donors (Lipinski definition) is 0. The summed E-state index contributed by atoms with van der Waals surface area (Å²) in [7, 11) is 2.06. The van der Waals surface area contributed by atoms with Crippen LogP contribution in [0, 0.1) is 6.92 Å².